The van der Waals surface area contributed by atoms with Crippen LogP contribution in [0.4, 0.5) is 0 Å². The molecule has 0 aromatic rings. The molecule has 1 rings (SSSR count). The van der Waals surface area contributed by atoms with Crippen LogP contribution in [0.2, 0.25) is 25.7 Å². The molecular weight excluding hydrogens is 236 g/mol. The zero-order chi connectivity index (χ0) is 13.3. The smallest absolute Gasteiger partial charge is 0.254 e. The zero-order valence-corrected chi connectivity index (χ0v) is 11.9. The van der Waals surface area contributed by atoms with Crippen molar-refractivity contribution < 1.29 is 19.4 Å². The summed E-state index contributed by atoms with van der Waals surface area (Å²) in [6.45, 7) is 6.51. The molecule has 0 spiro atoms. The second-order valence-corrected chi connectivity index (χ2v) is 10.6. The van der Waals surface area contributed by atoms with Gasteiger partial charge in [0.15, 0.2) is 5.76 Å². The normalized spacial score (nSPS) is 23.8. The zero-order valence-electron chi connectivity index (χ0n) is 10.9. The van der Waals surface area contributed by atoms with Crippen molar-refractivity contribution in [3.05, 3.63) is 11.5 Å². The van der Waals surface area contributed by atoms with Gasteiger partial charge in [-0.05, 0) is 0 Å². The van der Waals surface area contributed by atoms with Crippen molar-refractivity contribution in [3.8, 4) is 11.8 Å². The SMILES string of the molecule is COC1=C(OC)[C@](O)(C#CC[Si](C)(C)C)C1=O. The molecule has 0 fully saturated rings. The summed E-state index contributed by atoms with van der Waals surface area (Å²) in [4.78, 5) is 11.6. The first kappa shape index (κ1) is 13.8. The van der Waals surface area contributed by atoms with Gasteiger partial charge in [0, 0.05) is 6.04 Å². The maximum absolute atomic E-state index is 11.6. The predicted molar refractivity (Wildman–Crippen MR) is 66.9 cm³/mol. The fourth-order valence-corrected chi connectivity index (χ4v) is 2.07. The Hall–Kier alpha value is -1.25. The van der Waals surface area contributed by atoms with Gasteiger partial charge in [-0.3, -0.25) is 4.79 Å². The van der Waals surface area contributed by atoms with E-state index >= 15 is 0 Å². The van der Waals surface area contributed by atoms with Gasteiger partial charge in [0.25, 0.3) is 11.4 Å². The number of hydrogen-bond acceptors (Lipinski definition) is 4. The molecule has 0 aromatic carbocycles. The summed E-state index contributed by atoms with van der Waals surface area (Å²) in [6.07, 6.45) is 0. The summed E-state index contributed by atoms with van der Waals surface area (Å²) in [5.41, 5.74) is -1.81. The van der Waals surface area contributed by atoms with E-state index in [-0.39, 0.29) is 11.5 Å². The number of methoxy groups -OCH3 is 2. The molecule has 0 aliphatic heterocycles. The second-order valence-electron chi connectivity index (χ2n) is 5.15. The van der Waals surface area contributed by atoms with Crippen LogP contribution in [0.5, 0.6) is 0 Å². The van der Waals surface area contributed by atoms with Gasteiger partial charge in [-0.15, -0.1) is 5.92 Å². The molecule has 17 heavy (non-hydrogen) atoms. The maximum Gasteiger partial charge on any atom is 0.254 e. The van der Waals surface area contributed by atoms with E-state index in [0.29, 0.717) is 0 Å². The van der Waals surface area contributed by atoms with Gasteiger partial charge in [-0.25, -0.2) is 0 Å². The Morgan fingerprint density at radius 2 is 1.88 bits per heavy atom. The molecule has 1 N–H and O–H groups in total. The fourth-order valence-electron chi connectivity index (χ4n) is 1.45. The van der Waals surface area contributed by atoms with E-state index in [1.54, 1.807) is 0 Å². The van der Waals surface area contributed by atoms with Gasteiger partial charge in [-0.2, -0.15) is 0 Å². The van der Waals surface area contributed by atoms with Crippen molar-refractivity contribution in [2.75, 3.05) is 14.2 Å². The lowest BCUT2D eigenvalue weighted by Crippen LogP contribution is -2.51. The standard InChI is InChI=1S/C12H18O4Si/c1-15-9-10(13)12(14,11(9)16-2)7-6-8-17(3,4)5/h14H,8H2,1-5H3/t12-/m0/s1. The van der Waals surface area contributed by atoms with Gasteiger partial charge in [-0.1, -0.05) is 25.6 Å². The van der Waals surface area contributed by atoms with E-state index < -0.39 is 19.5 Å². The molecule has 0 radical (unpaired) electrons. The highest BCUT2D eigenvalue weighted by Gasteiger charge is 2.55. The highest BCUT2D eigenvalue weighted by Crippen LogP contribution is 2.35. The van der Waals surface area contributed by atoms with E-state index in [2.05, 4.69) is 31.5 Å². The van der Waals surface area contributed by atoms with E-state index in [1.165, 1.54) is 14.2 Å². The number of ether oxygens (including phenoxy) is 2. The minimum Gasteiger partial charge on any atom is -0.493 e. The van der Waals surface area contributed by atoms with Crippen LogP contribution in [0, 0.1) is 11.8 Å². The summed E-state index contributed by atoms with van der Waals surface area (Å²) in [7, 11) is 1.43. The lowest BCUT2D eigenvalue weighted by atomic mass is 9.83. The highest BCUT2D eigenvalue weighted by molar-refractivity contribution is 6.76. The monoisotopic (exact) mass is 254 g/mol. The van der Waals surface area contributed by atoms with Gasteiger partial charge < -0.3 is 14.6 Å². The molecule has 1 atom stereocenters. The van der Waals surface area contributed by atoms with Crippen molar-refractivity contribution in [1.82, 2.24) is 0 Å². The summed E-state index contributed by atoms with van der Waals surface area (Å²) in [5.74, 6) is 5.10. The van der Waals surface area contributed by atoms with Crippen LogP contribution in [0.3, 0.4) is 0 Å². The predicted octanol–water partition coefficient (Wildman–Crippen LogP) is 1.15. The van der Waals surface area contributed by atoms with Crippen LogP contribution in [0.25, 0.3) is 0 Å². The van der Waals surface area contributed by atoms with Crippen LogP contribution in [0.15, 0.2) is 11.5 Å². The second kappa shape index (κ2) is 4.55. The molecule has 0 aromatic heterocycles. The summed E-state index contributed by atoms with van der Waals surface area (Å²) >= 11 is 0. The largest absolute Gasteiger partial charge is 0.493 e. The van der Waals surface area contributed by atoms with Crippen molar-refractivity contribution in [1.29, 1.82) is 0 Å². The van der Waals surface area contributed by atoms with E-state index in [1.807, 2.05) is 0 Å². The molecule has 0 unspecified atom stereocenters. The molecule has 0 saturated heterocycles. The van der Waals surface area contributed by atoms with Crippen LogP contribution >= 0.6 is 0 Å². The lowest BCUT2D eigenvalue weighted by Gasteiger charge is -2.32. The summed E-state index contributed by atoms with van der Waals surface area (Å²) in [5, 5.41) is 10.1. The Labute approximate surface area is 103 Å². The third-order valence-corrected chi connectivity index (χ3v) is 3.60. The summed E-state index contributed by atoms with van der Waals surface area (Å²) < 4.78 is 9.78. The van der Waals surface area contributed by atoms with Gasteiger partial charge in [0.05, 0.1) is 22.3 Å². The molecule has 0 saturated carbocycles. The molecule has 4 nitrogen and oxygen atoms in total. The molecule has 1 aliphatic carbocycles. The number of hydrogen-bond donors (Lipinski definition) is 1. The quantitative estimate of drug-likeness (QED) is 0.606. The van der Waals surface area contributed by atoms with E-state index in [4.69, 9.17) is 9.47 Å². The molecule has 1 aliphatic rings. The number of ketones is 1. The number of rotatable bonds is 3. The molecule has 0 bridgehead atoms. The maximum atomic E-state index is 11.6. The van der Waals surface area contributed by atoms with E-state index in [9.17, 15) is 9.90 Å². The van der Waals surface area contributed by atoms with Crippen LogP contribution in [0.1, 0.15) is 0 Å². The number of aliphatic hydroxyl groups is 1. The van der Waals surface area contributed by atoms with Crippen molar-refractivity contribution >= 4 is 13.9 Å². The third kappa shape index (κ3) is 2.53. The van der Waals surface area contributed by atoms with E-state index in [0.717, 1.165) is 6.04 Å². The Kier molecular flexibility index (Phi) is 3.70. The van der Waals surface area contributed by atoms with Gasteiger partial charge >= 0.3 is 0 Å². The van der Waals surface area contributed by atoms with Gasteiger partial charge in [0.2, 0.25) is 5.76 Å². The third-order valence-electron chi connectivity index (χ3n) is 2.37. The Morgan fingerprint density at radius 3 is 2.29 bits per heavy atom. The van der Waals surface area contributed by atoms with Crippen molar-refractivity contribution in [2.24, 2.45) is 0 Å². The average Bonchev–Trinajstić information content (AvgIpc) is 2.22. The minimum absolute atomic E-state index is 0.0531. The summed E-state index contributed by atoms with van der Waals surface area (Å²) in [6, 6.07) is 0.724. The van der Waals surface area contributed by atoms with Crippen LogP contribution in [-0.2, 0) is 14.3 Å². The number of Topliss-reactive ketones (excluding diaryl/α,β-unsaturated/α-hetero) is 1. The molecule has 5 heteroatoms. The molecular formula is C12H18O4Si. The van der Waals surface area contributed by atoms with Crippen LogP contribution < -0.4 is 0 Å². The first-order valence-electron chi connectivity index (χ1n) is 5.36. The average molecular weight is 254 g/mol. The van der Waals surface area contributed by atoms with Crippen molar-refractivity contribution in [2.45, 2.75) is 31.3 Å². The van der Waals surface area contributed by atoms with Crippen molar-refractivity contribution in [3.63, 3.8) is 0 Å². The first-order chi connectivity index (χ1) is 7.76. The highest BCUT2D eigenvalue weighted by atomic mass is 28.3. The topological polar surface area (TPSA) is 55.8 Å². The number of carbonyl (C=O) groups is 1. The first-order valence-corrected chi connectivity index (χ1v) is 9.07. The Morgan fingerprint density at radius 1 is 1.29 bits per heavy atom. The molecule has 94 valence electrons. The number of carbonyl (C=O) groups excluding carboxylic acids is 1. The molecule has 0 amide bonds. The molecule has 0 heterocycles. The van der Waals surface area contributed by atoms with Gasteiger partial charge in [0.1, 0.15) is 0 Å². The lowest BCUT2D eigenvalue weighted by molar-refractivity contribution is -0.138. The Bertz CT molecular complexity index is 422. The minimum atomic E-state index is -1.81. The fraction of sp³-hybridized carbons (Fsp3) is 0.583. The Balaban J connectivity index is 2.92. The van der Waals surface area contributed by atoms with Crippen LogP contribution in [-0.4, -0.2) is 38.8 Å².